The Morgan fingerprint density at radius 2 is 1.84 bits per heavy atom. The lowest BCUT2D eigenvalue weighted by Crippen LogP contribution is -2.36. The molecule has 0 aliphatic heterocycles. The van der Waals surface area contributed by atoms with E-state index in [2.05, 4.69) is 0 Å². The fraction of sp³-hybridized carbons (Fsp3) is 0.500. The first-order valence-corrected chi connectivity index (χ1v) is 6.36. The van der Waals surface area contributed by atoms with Gasteiger partial charge in [-0.3, -0.25) is 9.69 Å². The van der Waals surface area contributed by atoms with Gasteiger partial charge in [0.05, 0.1) is 6.61 Å². The first-order valence-electron chi connectivity index (χ1n) is 6.36. The van der Waals surface area contributed by atoms with Crippen molar-refractivity contribution in [3.63, 3.8) is 0 Å². The van der Waals surface area contributed by atoms with Gasteiger partial charge in [0.1, 0.15) is 6.04 Å². The smallest absolute Gasteiger partial charge is 0.325 e. The maximum atomic E-state index is 11.5. The molecule has 19 heavy (non-hydrogen) atoms. The van der Waals surface area contributed by atoms with Crippen molar-refractivity contribution in [3.05, 3.63) is 29.8 Å². The van der Waals surface area contributed by atoms with Crippen LogP contribution in [0.5, 0.6) is 0 Å². The molecule has 5 heteroatoms. The molecule has 1 aromatic carbocycles. The summed E-state index contributed by atoms with van der Waals surface area (Å²) in [6.45, 7) is 2.77. The van der Waals surface area contributed by atoms with Crippen LogP contribution in [0.1, 0.15) is 18.5 Å². The fourth-order valence-electron chi connectivity index (χ4n) is 2.06. The van der Waals surface area contributed by atoms with E-state index in [0.29, 0.717) is 13.1 Å². The molecule has 0 heterocycles. The number of hydrogen-bond acceptors (Lipinski definition) is 4. The highest BCUT2D eigenvalue weighted by Crippen LogP contribution is 2.23. The number of nitrogens with zero attached hydrogens (tertiary/aromatic N) is 2. The molecular weight excluding hydrogens is 244 g/mol. The molecule has 0 saturated carbocycles. The van der Waals surface area contributed by atoms with E-state index in [0.717, 1.165) is 11.3 Å². The molecule has 0 aliphatic rings. The number of carbonyl (C=O) groups is 1. The van der Waals surface area contributed by atoms with Crippen LogP contribution in [0, 0.1) is 0 Å². The number of aliphatic hydroxyl groups is 1. The number of anilines is 1. The first-order chi connectivity index (χ1) is 9.01. The van der Waals surface area contributed by atoms with Gasteiger partial charge in [0.25, 0.3) is 0 Å². The predicted octanol–water partition coefficient (Wildman–Crippen LogP) is 1.19. The van der Waals surface area contributed by atoms with E-state index in [-0.39, 0.29) is 6.61 Å². The highest BCUT2D eigenvalue weighted by atomic mass is 16.4. The van der Waals surface area contributed by atoms with Gasteiger partial charge in [-0.2, -0.15) is 0 Å². The van der Waals surface area contributed by atoms with Crippen molar-refractivity contribution in [3.8, 4) is 0 Å². The SMILES string of the molecule is CCN(CCO)C(C(=O)O)c1ccc(N(C)C)cc1. The summed E-state index contributed by atoms with van der Waals surface area (Å²) in [6, 6.07) is 6.74. The van der Waals surface area contributed by atoms with Crippen molar-refractivity contribution in [2.75, 3.05) is 38.7 Å². The summed E-state index contributed by atoms with van der Waals surface area (Å²) in [5.41, 5.74) is 1.76. The maximum Gasteiger partial charge on any atom is 0.325 e. The van der Waals surface area contributed by atoms with Gasteiger partial charge >= 0.3 is 5.97 Å². The Labute approximate surface area is 114 Å². The molecule has 0 fully saturated rings. The third kappa shape index (κ3) is 3.94. The molecule has 1 aromatic rings. The van der Waals surface area contributed by atoms with Crippen molar-refractivity contribution < 1.29 is 15.0 Å². The van der Waals surface area contributed by atoms with E-state index in [1.807, 2.05) is 50.2 Å². The predicted molar refractivity (Wildman–Crippen MR) is 75.5 cm³/mol. The van der Waals surface area contributed by atoms with Gasteiger partial charge in [-0.1, -0.05) is 19.1 Å². The van der Waals surface area contributed by atoms with Crippen LogP contribution in [-0.2, 0) is 4.79 Å². The number of likely N-dealkylation sites (N-methyl/N-ethyl adjacent to an activating group) is 1. The Hall–Kier alpha value is -1.59. The van der Waals surface area contributed by atoms with Crippen molar-refractivity contribution >= 4 is 11.7 Å². The molecule has 0 aromatic heterocycles. The highest BCUT2D eigenvalue weighted by molar-refractivity contribution is 5.75. The number of carboxylic acid groups (broad SMARTS) is 1. The van der Waals surface area contributed by atoms with Crippen LogP contribution < -0.4 is 4.90 Å². The number of hydrogen-bond donors (Lipinski definition) is 2. The third-order valence-electron chi connectivity index (χ3n) is 3.12. The number of carboxylic acids is 1. The molecule has 0 amide bonds. The van der Waals surface area contributed by atoms with Gasteiger partial charge in [0.15, 0.2) is 0 Å². The largest absolute Gasteiger partial charge is 0.480 e. The molecular formula is C14H22N2O3. The van der Waals surface area contributed by atoms with Crippen molar-refractivity contribution in [1.82, 2.24) is 4.90 Å². The molecule has 106 valence electrons. The van der Waals surface area contributed by atoms with Gasteiger partial charge < -0.3 is 15.1 Å². The number of rotatable bonds is 7. The fourth-order valence-corrected chi connectivity index (χ4v) is 2.06. The first kappa shape index (κ1) is 15.5. The van der Waals surface area contributed by atoms with Crippen LogP contribution in [0.4, 0.5) is 5.69 Å². The Morgan fingerprint density at radius 3 is 2.21 bits per heavy atom. The van der Waals surface area contributed by atoms with Crippen LogP contribution in [0.25, 0.3) is 0 Å². The zero-order valence-corrected chi connectivity index (χ0v) is 11.7. The maximum absolute atomic E-state index is 11.5. The minimum Gasteiger partial charge on any atom is -0.480 e. The molecule has 0 bridgehead atoms. The standard InChI is InChI=1S/C14H22N2O3/c1-4-16(9-10-17)13(14(18)19)11-5-7-12(8-6-11)15(2)3/h5-8,13,17H,4,9-10H2,1-3H3,(H,18,19). The van der Waals surface area contributed by atoms with Gasteiger partial charge in [0.2, 0.25) is 0 Å². The topological polar surface area (TPSA) is 64.0 Å². The second-order valence-corrected chi connectivity index (χ2v) is 4.58. The van der Waals surface area contributed by atoms with E-state index < -0.39 is 12.0 Å². The lowest BCUT2D eigenvalue weighted by atomic mass is 10.0. The Bertz CT molecular complexity index is 404. The van der Waals surface area contributed by atoms with E-state index in [1.54, 1.807) is 4.90 Å². The van der Waals surface area contributed by atoms with Gasteiger partial charge in [0, 0.05) is 26.3 Å². The molecule has 0 spiro atoms. The number of aliphatic carboxylic acids is 1. The van der Waals surface area contributed by atoms with E-state index in [4.69, 9.17) is 5.11 Å². The lowest BCUT2D eigenvalue weighted by molar-refractivity contribution is -0.143. The second kappa shape index (κ2) is 7.11. The normalized spacial score (nSPS) is 12.5. The molecule has 1 atom stereocenters. The summed E-state index contributed by atoms with van der Waals surface area (Å²) in [7, 11) is 3.88. The molecule has 0 aliphatic carbocycles. The van der Waals surface area contributed by atoms with E-state index in [1.165, 1.54) is 0 Å². The Kier molecular flexibility index (Phi) is 5.79. The minimum atomic E-state index is -0.895. The zero-order valence-electron chi connectivity index (χ0n) is 11.7. The summed E-state index contributed by atoms with van der Waals surface area (Å²) >= 11 is 0. The van der Waals surface area contributed by atoms with E-state index >= 15 is 0 Å². The summed E-state index contributed by atoms with van der Waals surface area (Å²) in [5.74, 6) is -0.895. The highest BCUT2D eigenvalue weighted by Gasteiger charge is 2.25. The molecule has 5 nitrogen and oxygen atoms in total. The quantitative estimate of drug-likeness (QED) is 0.776. The van der Waals surface area contributed by atoms with Crippen LogP contribution in [-0.4, -0.2) is 54.9 Å². The van der Waals surface area contributed by atoms with Gasteiger partial charge in [-0.25, -0.2) is 0 Å². The zero-order chi connectivity index (χ0) is 14.4. The summed E-state index contributed by atoms with van der Waals surface area (Å²) in [6.07, 6.45) is 0. The Balaban J connectivity index is 3.01. The molecule has 0 saturated heterocycles. The van der Waals surface area contributed by atoms with Crippen molar-refractivity contribution in [1.29, 1.82) is 0 Å². The van der Waals surface area contributed by atoms with Crippen LogP contribution in [0.15, 0.2) is 24.3 Å². The molecule has 1 rings (SSSR count). The van der Waals surface area contributed by atoms with Gasteiger partial charge in [-0.15, -0.1) is 0 Å². The average molecular weight is 266 g/mol. The second-order valence-electron chi connectivity index (χ2n) is 4.58. The molecule has 0 radical (unpaired) electrons. The summed E-state index contributed by atoms with van der Waals surface area (Å²) < 4.78 is 0. The van der Waals surface area contributed by atoms with Gasteiger partial charge in [-0.05, 0) is 24.2 Å². The summed E-state index contributed by atoms with van der Waals surface area (Å²) in [4.78, 5) is 15.2. The van der Waals surface area contributed by atoms with Crippen LogP contribution in [0.3, 0.4) is 0 Å². The van der Waals surface area contributed by atoms with Crippen molar-refractivity contribution in [2.24, 2.45) is 0 Å². The molecule has 1 unspecified atom stereocenters. The average Bonchev–Trinajstić information content (AvgIpc) is 2.38. The lowest BCUT2D eigenvalue weighted by Gasteiger charge is -2.27. The van der Waals surface area contributed by atoms with Crippen molar-refractivity contribution in [2.45, 2.75) is 13.0 Å². The summed E-state index contributed by atoms with van der Waals surface area (Å²) in [5, 5.41) is 18.4. The Morgan fingerprint density at radius 1 is 1.26 bits per heavy atom. The van der Waals surface area contributed by atoms with E-state index in [9.17, 15) is 9.90 Å². The minimum absolute atomic E-state index is 0.0482. The van der Waals surface area contributed by atoms with Crippen LogP contribution in [0.2, 0.25) is 0 Å². The molecule has 2 N–H and O–H groups in total. The number of benzene rings is 1. The van der Waals surface area contributed by atoms with Crippen LogP contribution >= 0.6 is 0 Å². The monoisotopic (exact) mass is 266 g/mol. The third-order valence-corrected chi connectivity index (χ3v) is 3.12. The number of aliphatic hydroxyl groups excluding tert-OH is 1.